The lowest BCUT2D eigenvalue weighted by Gasteiger charge is -2.54. The molecule has 45 heavy (non-hydrogen) atoms. The van der Waals surface area contributed by atoms with Gasteiger partial charge >= 0.3 is 0 Å². The van der Waals surface area contributed by atoms with Gasteiger partial charge in [-0.05, 0) is 38.5 Å². The minimum absolute atomic E-state index is 1.31. The molecule has 1 heterocycles. The summed E-state index contributed by atoms with van der Waals surface area (Å²) in [5, 5.41) is 0. The van der Waals surface area contributed by atoms with Gasteiger partial charge < -0.3 is 0 Å². The summed E-state index contributed by atoms with van der Waals surface area (Å²) in [6.45, 7) is 15.2. The fourth-order valence-corrected chi connectivity index (χ4v) is 8.97. The van der Waals surface area contributed by atoms with Gasteiger partial charge in [0.15, 0.2) is 0 Å². The van der Waals surface area contributed by atoms with Crippen LogP contribution in [0.1, 0.15) is 213 Å². The molecule has 270 valence electrons. The standard InChI is InChI=1S/C42H90N3/c1-7-10-13-16-19-22-25-28-31-34-37-43(4)40-44(5,38-35-32-29-26-23-20-17-14-11-8-2)42-45(6,41-43)39-36-33-30-27-24-21-18-15-12-9-3/h7-42H2,1-6H3/q+3. The predicted octanol–water partition coefficient (Wildman–Crippen LogP) is 13.0. The summed E-state index contributed by atoms with van der Waals surface area (Å²) >= 11 is 0. The molecule has 0 unspecified atom stereocenters. The predicted molar refractivity (Wildman–Crippen MR) is 203 cm³/mol. The third-order valence-electron chi connectivity index (χ3n) is 11.2. The zero-order chi connectivity index (χ0) is 33.0. The fraction of sp³-hybridized carbons (Fsp3) is 1.00. The van der Waals surface area contributed by atoms with Crippen LogP contribution < -0.4 is 0 Å². The van der Waals surface area contributed by atoms with E-state index in [0.717, 1.165) is 0 Å². The van der Waals surface area contributed by atoms with Crippen molar-refractivity contribution in [1.29, 1.82) is 0 Å². The Hall–Kier alpha value is -0.120. The molecule has 0 amide bonds. The first-order chi connectivity index (χ1) is 21.8. The van der Waals surface area contributed by atoms with Crippen molar-refractivity contribution in [2.75, 3.05) is 60.8 Å². The monoisotopic (exact) mass is 637 g/mol. The van der Waals surface area contributed by atoms with E-state index in [0.29, 0.717) is 0 Å². The minimum Gasteiger partial charge on any atom is -0.233 e. The van der Waals surface area contributed by atoms with E-state index in [1.807, 2.05) is 0 Å². The summed E-state index contributed by atoms with van der Waals surface area (Å²) in [5.74, 6) is 0. The molecule has 1 aliphatic heterocycles. The highest BCUT2D eigenvalue weighted by molar-refractivity contribution is 4.52. The normalized spacial score (nSPS) is 23.6. The van der Waals surface area contributed by atoms with Gasteiger partial charge in [-0.3, -0.25) is 0 Å². The van der Waals surface area contributed by atoms with Crippen molar-refractivity contribution in [3.8, 4) is 0 Å². The number of nitrogens with zero attached hydrogens (tertiary/aromatic N) is 3. The topological polar surface area (TPSA) is 0 Å². The average Bonchev–Trinajstić information content (AvgIpc) is 2.99. The van der Waals surface area contributed by atoms with Crippen LogP contribution >= 0.6 is 0 Å². The van der Waals surface area contributed by atoms with Crippen LogP contribution in [-0.4, -0.2) is 74.2 Å². The molecule has 0 aromatic carbocycles. The molecule has 0 atom stereocenters. The molecule has 0 N–H and O–H groups in total. The molecule has 0 radical (unpaired) electrons. The van der Waals surface area contributed by atoms with Crippen LogP contribution in [0.2, 0.25) is 0 Å². The largest absolute Gasteiger partial charge is 0.233 e. The molecule has 1 saturated heterocycles. The molecule has 1 rings (SSSR count). The smallest absolute Gasteiger partial charge is 0.215 e. The Bertz CT molecular complexity index is 540. The van der Waals surface area contributed by atoms with E-state index in [2.05, 4.69) is 41.9 Å². The summed E-state index contributed by atoms with van der Waals surface area (Å²) in [4.78, 5) is 0. The van der Waals surface area contributed by atoms with Gasteiger partial charge in [0.05, 0.1) is 40.8 Å². The molecule has 0 aromatic heterocycles. The van der Waals surface area contributed by atoms with E-state index < -0.39 is 0 Å². The van der Waals surface area contributed by atoms with Crippen LogP contribution in [0.25, 0.3) is 0 Å². The molecular weight excluding hydrogens is 546 g/mol. The van der Waals surface area contributed by atoms with Crippen LogP contribution in [0.3, 0.4) is 0 Å². The first kappa shape index (κ1) is 42.9. The Morgan fingerprint density at radius 1 is 0.244 bits per heavy atom. The molecule has 0 spiro atoms. The lowest BCUT2D eigenvalue weighted by molar-refractivity contribution is -1.25. The molecule has 3 nitrogen and oxygen atoms in total. The van der Waals surface area contributed by atoms with Crippen molar-refractivity contribution < 1.29 is 13.4 Å². The highest BCUT2D eigenvalue weighted by atomic mass is 15.7. The molecule has 3 heteroatoms. The number of rotatable bonds is 33. The molecule has 1 aliphatic rings. The third kappa shape index (κ3) is 23.8. The second kappa shape index (κ2) is 27.8. The Labute approximate surface area is 287 Å². The molecule has 0 bridgehead atoms. The summed E-state index contributed by atoms with van der Waals surface area (Å²) < 4.78 is 3.92. The van der Waals surface area contributed by atoms with Gasteiger partial charge in [-0.15, -0.1) is 0 Å². The van der Waals surface area contributed by atoms with Gasteiger partial charge in [0.25, 0.3) is 0 Å². The highest BCUT2D eigenvalue weighted by Crippen LogP contribution is 2.28. The van der Waals surface area contributed by atoms with E-state index >= 15 is 0 Å². The Balaban J connectivity index is 2.50. The van der Waals surface area contributed by atoms with E-state index in [4.69, 9.17) is 0 Å². The quantitative estimate of drug-likeness (QED) is 0.0496. The zero-order valence-electron chi connectivity index (χ0n) is 32.8. The number of unbranched alkanes of at least 4 members (excludes halogenated alkanes) is 27. The Morgan fingerprint density at radius 2 is 0.400 bits per heavy atom. The van der Waals surface area contributed by atoms with Crippen molar-refractivity contribution in [1.82, 2.24) is 0 Å². The first-order valence-corrected chi connectivity index (χ1v) is 21.3. The van der Waals surface area contributed by atoms with Crippen molar-refractivity contribution in [3.63, 3.8) is 0 Å². The van der Waals surface area contributed by atoms with Gasteiger partial charge in [-0.1, -0.05) is 175 Å². The van der Waals surface area contributed by atoms with E-state index in [1.165, 1.54) is 246 Å². The lowest BCUT2D eigenvalue weighted by atomic mass is 10.1. The third-order valence-corrected chi connectivity index (χ3v) is 11.2. The van der Waals surface area contributed by atoms with E-state index in [9.17, 15) is 0 Å². The lowest BCUT2D eigenvalue weighted by Crippen LogP contribution is -2.76. The summed E-state index contributed by atoms with van der Waals surface area (Å²) in [6, 6.07) is 0. The molecular formula is C42H90N3+3. The maximum atomic E-state index is 2.64. The van der Waals surface area contributed by atoms with Crippen molar-refractivity contribution >= 4 is 0 Å². The molecule has 0 saturated carbocycles. The van der Waals surface area contributed by atoms with Crippen molar-refractivity contribution in [2.45, 2.75) is 213 Å². The molecule has 1 fully saturated rings. The van der Waals surface area contributed by atoms with Crippen LogP contribution in [0.5, 0.6) is 0 Å². The van der Waals surface area contributed by atoms with Crippen LogP contribution in [0, 0.1) is 0 Å². The molecule has 0 aromatic rings. The zero-order valence-corrected chi connectivity index (χ0v) is 32.8. The van der Waals surface area contributed by atoms with E-state index in [1.54, 1.807) is 0 Å². The van der Waals surface area contributed by atoms with E-state index in [-0.39, 0.29) is 0 Å². The second-order valence-corrected chi connectivity index (χ2v) is 17.0. The van der Waals surface area contributed by atoms with Crippen molar-refractivity contribution in [2.24, 2.45) is 0 Å². The van der Waals surface area contributed by atoms with Crippen LogP contribution in [0.15, 0.2) is 0 Å². The summed E-state index contributed by atoms with van der Waals surface area (Å²) in [7, 11) is 7.91. The van der Waals surface area contributed by atoms with Gasteiger partial charge in [-0.25, -0.2) is 13.4 Å². The van der Waals surface area contributed by atoms with Gasteiger partial charge in [-0.2, -0.15) is 0 Å². The maximum absolute atomic E-state index is 2.64. The molecule has 0 aliphatic carbocycles. The average molecular weight is 637 g/mol. The Kier molecular flexibility index (Phi) is 26.5. The van der Waals surface area contributed by atoms with Gasteiger partial charge in [0, 0.05) is 0 Å². The fourth-order valence-electron chi connectivity index (χ4n) is 8.97. The number of quaternary nitrogens is 3. The Morgan fingerprint density at radius 3 is 0.578 bits per heavy atom. The second-order valence-electron chi connectivity index (χ2n) is 17.0. The minimum atomic E-state index is 1.31. The number of hydrogen-bond donors (Lipinski definition) is 0. The van der Waals surface area contributed by atoms with Crippen LogP contribution in [-0.2, 0) is 0 Å². The highest BCUT2D eigenvalue weighted by Gasteiger charge is 2.49. The SMILES string of the molecule is CCCCCCCCCCCC[N+]1(C)C[N+](C)(CCCCCCCCCCCC)C[N+](C)(CCCCCCCCCCCC)C1. The first-order valence-electron chi connectivity index (χ1n) is 21.3. The summed E-state index contributed by atoms with van der Waals surface area (Å²) in [5.41, 5.74) is 0. The number of hydrogen-bond acceptors (Lipinski definition) is 0. The summed E-state index contributed by atoms with van der Waals surface area (Å²) in [6.07, 6.45) is 43.4. The maximum Gasteiger partial charge on any atom is 0.215 e. The van der Waals surface area contributed by atoms with Gasteiger partial charge in [0.1, 0.15) is 0 Å². The van der Waals surface area contributed by atoms with Crippen LogP contribution in [0.4, 0.5) is 0 Å². The van der Waals surface area contributed by atoms with Crippen molar-refractivity contribution in [3.05, 3.63) is 0 Å². The van der Waals surface area contributed by atoms with Gasteiger partial charge in [0.2, 0.25) is 20.0 Å².